The summed E-state index contributed by atoms with van der Waals surface area (Å²) in [5.74, 6) is -2.92. The summed E-state index contributed by atoms with van der Waals surface area (Å²) in [5.41, 5.74) is -1.23. The van der Waals surface area contributed by atoms with Crippen LogP contribution < -0.4 is 0 Å². The molecule has 4 fully saturated rings. The van der Waals surface area contributed by atoms with Gasteiger partial charge in [0.15, 0.2) is 0 Å². The van der Waals surface area contributed by atoms with Crippen molar-refractivity contribution >= 4 is 11.9 Å². The van der Waals surface area contributed by atoms with E-state index < -0.39 is 52.4 Å². The lowest BCUT2D eigenvalue weighted by atomic mass is 9.61. The average Bonchev–Trinajstić information content (AvgIpc) is 2.96. The quantitative estimate of drug-likeness (QED) is 0.484. The van der Waals surface area contributed by atoms with Crippen molar-refractivity contribution in [3.63, 3.8) is 0 Å². The molecule has 3 N–H and O–H groups in total. The Hall–Kier alpha value is -1.66. The van der Waals surface area contributed by atoms with Gasteiger partial charge in [0, 0.05) is 5.92 Å². The molecule has 6 nitrogen and oxygen atoms in total. The van der Waals surface area contributed by atoms with Crippen molar-refractivity contribution in [3.05, 3.63) is 23.8 Å². The number of ether oxygens (including phenoxy) is 1. The van der Waals surface area contributed by atoms with Crippen LogP contribution in [-0.4, -0.2) is 45.1 Å². The smallest absolute Gasteiger partial charge is 0.315 e. The van der Waals surface area contributed by atoms with Gasteiger partial charge in [0.2, 0.25) is 0 Å². The number of fused-ring (bicyclic) bond motifs is 6. The van der Waals surface area contributed by atoms with Crippen molar-refractivity contribution in [2.24, 2.45) is 28.6 Å². The van der Waals surface area contributed by atoms with E-state index in [1.807, 2.05) is 0 Å². The maximum Gasteiger partial charge on any atom is 0.315 e. The van der Waals surface area contributed by atoms with Crippen LogP contribution in [0.3, 0.4) is 0 Å². The molecule has 3 saturated carbocycles. The number of aliphatic hydroxyl groups excluding tert-OH is 1. The van der Waals surface area contributed by atoms with Crippen LogP contribution in [0.2, 0.25) is 0 Å². The Morgan fingerprint density at radius 3 is 2.84 bits per heavy atom. The van der Waals surface area contributed by atoms with Gasteiger partial charge >= 0.3 is 11.9 Å². The van der Waals surface area contributed by atoms with Crippen LogP contribution in [0, 0.1) is 28.6 Å². The van der Waals surface area contributed by atoms with Gasteiger partial charge in [-0.2, -0.15) is 0 Å². The lowest BCUT2D eigenvalue weighted by Gasteiger charge is -2.41. The minimum atomic E-state index is -1.24. The van der Waals surface area contributed by atoms with Gasteiger partial charge in [-0.05, 0) is 55.6 Å². The van der Waals surface area contributed by atoms with E-state index in [9.17, 15) is 24.9 Å². The third-order valence-electron chi connectivity index (χ3n) is 7.95. The highest BCUT2D eigenvalue weighted by Gasteiger charge is 2.75. The molecule has 1 aliphatic heterocycles. The maximum absolute atomic E-state index is 12.6. The van der Waals surface area contributed by atoms with E-state index in [-0.39, 0.29) is 5.92 Å². The highest BCUT2D eigenvalue weighted by atomic mass is 16.6. The van der Waals surface area contributed by atoms with Gasteiger partial charge in [0.1, 0.15) is 17.6 Å². The Morgan fingerprint density at radius 2 is 2.16 bits per heavy atom. The van der Waals surface area contributed by atoms with E-state index >= 15 is 0 Å². The van der Waals surface area contributed by atoms with Crippen LogP contribution in [0.5, 0.6) is 0 Å². The first-order chi connectivity index (χ1) is 11.6. The topological polar surface area (TPSA) is 104 Å². The van der Waals surface area contributed by atoms with Crippen LogP contribution in [0.4, 0.5) is 0 Å². The molecule has 0 aromatic rings. The van der Waals surface area contributed by atoms with Crippen molar-refractivity contribution in [2.75, 3.05) is 0 Å². The highest BCUT2D eigenvalue weighted by molar-refractivity contribution is 5.85. The molecular formula is C19H22O6. The number of carbonyl (C=O) groups excluding carboxylic acids is 1. The van der Waals surface area contributed by atoms with Crippen molar-refractivity contribution in [1.29, 1.82) is 0 Å². The Labute approximate surface area is 145 Å². The molecule has 0 aromatic heterocycles. The van der Waals surface area contributed by atoms with Gasteiger partial charge in [0.05, 0.1) is 11.5 Å². The van der Waals surface area contributed by atoms with Crippen molar-refractivity contribution in [2.45, 2.75) is 50.4 Å². The number of allylic oxidation sites excluding steroid dienone is 1. The largest absolute Gasteiger partial charge is 0.481 e. The SMILES string of the molecule is C=C1C[C@]23C[C@]1(O)CC[C@H]2C1=C[C@@H]2OC(=O)[C@@](C)([C@H]1[C@@H]3C(=O)O)[C@H]2O. The number of aliphatic hydroxyl groups is 2. The number of hydrogen-bond donors (Lipinski definition) is 3. The second kappa shape index (κ2) is 4.18. The van der Waals surface area contributed by atoms with Crippen molar-refractivity contribution in [3.8, 4) is 0 Å². The van der Waals surface area contributed by atoms with E-state index in [1.54, 1.807) is 13.0 Å². The minimum absolute atomic E-state index is 0.0121. The fraction of sp³-hybridized carbons (Fsp3) is 0.684. The van der Waals surface area contributed by atoms with Gasteiger partial charge in [-0.15, -0.1) is 0 Å². The molecule has 25 heavy (non-hydrogen) atoms. The molecule has 0 amide bonds. The first-order valence-corrected chi connectivity index (χ1v) is 8.89. The summed E-state index contributed by atoms with van der Waals surface area (Å²) in [6, 6.07) is 0. The summed E-state index contributed by atoms with van der Waals surface area (Å²) < 4.78 is 5.34. The molecule has 1 saturated heterocycles. The third kappa shape index (κ3) is 1.47. The fourth-order valence-electron chi connectivity index (χ4n) is 6.86. The average molecular weight is 346 g/mol. The molecule has 5 aliphatic rings. The molecule has 1 heterocycles. The highest BCUT2D eigenvalue weighted by Crippen LogP contribution is 2.74. The molecule has 4 bridgehead atoms. The van der Waals surface area contributed by atoms with Crippen molar-refractivity contribution in [1.82, 2.24) is 0 Å². The first-order valence-electron chi connectivity index (χ1n) is 8.89. The van der Waals surface area contributed by atoms with Crippen LogP contribution >= 0.6 is 0 Å². The summed E-state index contributed by atoms with van der Waals surface area (Å²) in [6.07, 6.45) is 2.14. The Kier molecular flexibility index (Phi) is 2.60. The van der Waals surface area contributed by atoms with Crippen LogP contribution in [0.15, 0.2) is 23.8 Å². The lowest BCUT2D eigenvalue weighted by Crippen LogP contribution is -2.50. The number of carboxylic acids is 1. The fourth-order valence-corrected chi connectivity index (χ4v) is 6.86. The lowest BCUT2D eigenvalue weighted by molar-refractivity contribution is -0.157. The molecule has 4 aliphatic carbocycles. The molecule has 6 heteroatoms. The predicted molar refractivity (Wildman–Crippen MR) is 85.2 cm³/mol. The van der Waals surface area contributed by atoms with Gasteiger partial charge in [0.25, 0.3) is 0 Å². The number of esters is 1. The minimum Gasteiger partial charge on any atom is -0.481 e. The molecule has 134 valence electrons. The molecular weight excluding hydrogens is 324 g/mol. The first kappa shape index (κ1) is 15.6. The molecule has 0 radical (unpaired) electrons. The Morgan fingerprint density at radius 1 is 1.44 bits per heavy atom. The number of rotatable bonds is 1. The van der Waals surface area contributed by atoms with Crippen LogP contribution in [0.25, 0.3) is 0 Å². The van der Waals surface area contributed by atoms with E-state index in [2.05, 4.69) is 6.58 Å². The summed E-state index contributed by atoms with van der Waals surface area (Å²) >= 11 is 0. The standard InChI is InChI=1S/C19H22O6/c1-8-6-18-7-19(8,24)4-3-10(18)9-5-11-14(20)17(2,16(23)25-11)12(9)13(18)15(21)22/h5,10-14,20,24H,1,3-4,6-7H2,2H3,(H,21,22)/t10-,11-,12+,13+,14-,17-,18-,19+/m0/s1. The van der Waals surface area contributed by atoms with Gasteiger partial charge in [-0.25, -0.2) is 0 Å². The zero-order chi connectivity index (χ0) is 17.9. The summed E-state index contributed by atoms with van der Waals surface area (Å²) in [6.45, 7) is 5.66. The zero-order valence-corrected chi connectivity index (χ0v) is 14.1. The van der Waals surface area contributed by atoms with Gasteiger partial charge in [-0.1, -0.05) is 12.2 Å². The molecule has 0 unspecified atom stereocenters. The van der Waals surface area contributed by atoms with Gasteiger partial charge < -0.3 is 20.1 Å². The molecule has 8 atom stereocenters. The second-order valence-electron chi connectivity index (χ2n) is 8.87. The number of hydrogen-bond acceptors (Lipinski definition) is 5. The second-order valence-corrected chi connectivity index (χ2v) is 8.87. The summed E-state index contributed by atoms with van der Waals surface area (Å²) in [4.78, 5) is 24.9. The van der Waals surface area contributed by atoms with E-state index in [4.69, 9.17) is 4.74 Å². The van der Waals surface area contributed by atoms with Crippen LogP contribution in [0.1, 0.15) is 32.6 Å². The Balaban J connectivity index is 1.75. The molecule has 1 spiro atoms. The van der Waals surface area contributed by atoms with E-state index in [0.29, 0.717) is 31.3 Å². The molecule has 5 rings (SSSR count). The predicted octanol–water partition coefficient (Wildman–Crippen LogP) is 1.03. The van der Waals surface area contributed by atoms with E-state index in [1.165, 1.54) is 0 Å². The molecule has 0 aromatic carbocycles. The Bertz CT molecular complexity index is 770. The maximum atomic E-state index is 12.6. The monoisotopic (exact) mass is 346 g/mol. The zero-order valence-electron chi connectivity index (χ0n) is 14.1. The van der Waals surface area contributed by atoms with Crippen molar-refractivity contribution < 1.29 is 29.6 Å². The third-order valence-corrected chi connectivity index (χ3v) is 7.95. The number of aliphatic carboxylic acids is 1. The summed E-state index contributed by atoms with van der Waals surface area (Å²) in [5, 5.41) is 31.7. The normalized spacial score (nSPS) is 55.5. The number of carboxylic acid groups (broad SMARTS) is 1. The van der Waals surface area contributed by atoms with E-state index in [0.717, 1.165) is 5.57 Å². The van der Waals surface area contributed by atoms with Gasteiger partial charge in [-0.3, -0.25) is 9.59 Å². The summed E-state index contributed by atoms with van der Waals surface area (Å²) in [7, 11) is 0. The number of carbonyl (C=O) groups is 2. The van der Waals surface area contributed by atoms with Crippen LogP contribution in [-0.2, 0) is 14.3 Å².